The summed E-state index contributed by atoms with van der Waals surface area (Å²) >= 11 is 0. The molecule has 0 fully saturated rings. The highest BCUT2D eigenvalue weighted by atomic mass is 16.5. The van der Waals surface area contributed by atoms with Gasteiger partial charge in [0.2, 0.25) is 5.88 Å². The highest BCUT2D eigenvalue weighted by Gasteiger charge is 2.23. The minimum absolute atomic E-state index is 0.218. The zero-order valence-corrected chi connectivity index (χ0v) is 12.2. The number of benzene rings is 2. The molecule has 0 bridgehead atoms. The number of nitrogens with zero attached hydrogens (tertiary/aromatic N) is 2. The van der Waals surface area contributed by atoms with E-state index in [0.717, 1.165) is 22.1 Å². The molecule has 4 nitrogen and oxygen atoms in total. The number of aromatic nitrogens is 2. The Morgan fingerprint density at radius 2 is 1.78 bits per heavy atom. The van der Waals surface area contributed by atoms with Gasteiger partial charge < -0.3 is 4.74 Å². The maximum Gasteiger partial charge on any atom is 0.280 e. The number of fused-ring (bicyclic) bond motifs is 5. The Balaban J connectivity index is 1.80. The minimum Gasteiger partial charge on any atom is -0.440 e. The van der Waals surface area contributed by atoms with Crippen molar-refractivity contribution in [3.63, 3.8) is 0 Å². The fraction of sp³-hybridized carbons (Fsp3) is 0.0526. The van der Waals surface area contributed by atoms with Crippen molar-refractivity contribution < 1.29 is 4.74 Å². The smallest absolute Gasteiger partial charge is 0.280 e. The third-order valence-electron chi connectivity index (χ3n) is 4.29. The molecule has 2 aromatic heterocycles. The lowest BCUT2D eigenvalue weighted by Crippen LogP contribution is -2.21. The maximum atomic E-state index is 12.3. The fourth-order valence-electron chi connectivity index (χ4n) is 3.16. The van der Waals surface area contributed by atoms with Crippen LogP contribution in [0, 0.1) is 0 Å². The van der Waals surface area contributed by atoms with Crippen molar-refractivity contribution in [3.05, 3.63) is 82.3 Å². The first kappa shape index (κ1) is 12.4. The Labute approximate surface area is 131 Å². The molecule has 0 saturated carbocycles. The first-order valence-corrected chi connectivity index (χ1v) is 7.49. The molecule has 3 heterocycles. The molecule has 110 valence electrons. The van der Waals surface area contributed by atoms with Crippen LogP contribution < -0.4 is 10.3 Å². The van der Waals surface area contributed by atoms with E-state index in [9.17, 15) is 4.79 Å². The van der Waals surface area contributed by atoms with Crippen molar-refractivity contribution in [1.82, 2.24) is 9.38 Å². The summed E-state index contributed by atoms with van der Waals surface area (Å²) in [7, 11) is 0. The van der Waals surface area contributed by atoms with Crippen molar-refractivity contribution in [1.29, 1.82) is 0 Å². The molecule has 0 saturated heterocycles. The monoisotopic (exact) mass is 300 g/mol. The average molecular weight is 300 g/mol. The molecule has 5 rings (SSSR count). The van der Waals surface area contributed by atoms with Gasteiger partial charge in [-0.25, -0.2) is 0 Å². The molecule has 0 unspecified atom stereocenters. The van der Waals surface area contributed by atoms with E-state index >= 15 is 0 Å². The molecule has 0 amide bonds. The van der Waals surface area contributed by atoms with Gasteiger partial charge in [0.1, 0.15) is 11.4 Å². The molecule has 0 aliphatic carbocycles. The van der Waals surface area contributed by atoms with Crippen LogP contribution >= 0.6 is 0 Å². The van der Waals surface area contributed by atoms with Crippen LogP contribution in [0.25, 0.3) is 16.4 Å². The summed E-state index contributed by atoms with van der Waals surface area (Å²) in [5.41, 5.74) is 2.01. The van der Waals surface area contributed by atoms with Crippen LogP contribution in [0.5, 0.6) is 11.6 Å². The number of pyridine rings is 1. The maximum absolute atomic E-state index is 12.3. The van der Waals surface area contributed by atoms with Gasteiger partial charge in [0.15, 0.2) is 0 Å². The quantitative estimate of drug-likeness (QED) is 0.439. The number of ether oxygens (including phenoxy) is 1. The predicted octanol–water partition coefficient (Wildman–Crippen LogP) is 3.54. The van der Waals surface area contributed by atoms with E-state index in [1.165, 1.54) is 0 Å². The molecular formula is C19H12N2O2. The number of hydrogen-bond acceptors (Lipinski definition) is 3. The van der Waals surface area contributed by atoms with E-state index in [-0.39, 0.29) is 5.56 Å². The zero-order valence-electron chi connectivity index (χ0n) is 12.2. The van der Waals surface area contributed by atoms with E-state index < -0.39 is 0 Å². The second kappa shape index (κ2) is 4.43. The minimum atomic E-state index is -0.218. The normalized spacial score (nSPS) is 12.7. The van der Waals surface area contributed by atoms with Crippen LogP contribution in [0.15, 0.2) is 65.6 Å². The van der Waals surface area contributed by atoms with Crippen LogP contribution in [-0.2, 0) is 6.42 Å². The summed E-state index contributed by atoms with van der Waals surface area (Å²) < 4.78 is 7.93. The van der Waals surface area contributed by atoms with Gasteiger partial charge in [0.05, 0.1) is 5.56 Å². The molecule has 0 N–H and O–H groups in total. The summed E-state index contributed by atoms with van der Waals surface area (Å²) in [6.45, 7) is 0. The second-order valence-electron chi connectivity index (χ2n) is 5.72. The lowest BCUT2D eigenvalue weighted by Gasteiger charge is -2.21. The number of hydrogen-bond donors (Lipinski definition) is 0. The van der Waals surface area contributed by atoms with Crippen LogP contribution in [-0.4, -0.2) is 9.38 Å². The summed E-state index contributed by atoms with van der Waals surface area (Å²) in [6.07, 6.45) is 2.41. The molecule has 0 radical (unpaired) electrons. The lowest BCUT2D eigenvalue weighted by atomic mass is 9.99. The van der Waals surface area contributed by atoms with Gasteiger partial charge in [-0.05, 0) is 35.0 Å². The van der Waals surface area contributed by atoms with Gasteiger partial charge in [-0.1, -0.05) is 30.3 Å². The molecular weight excluding hydrogens is 288 g/mol. The highest BCUT2D eigenvalue weighted by Crippen LogP contribution is 2.37. The number of rotatable bonds is 0. The van der Waals surface area contributed by atoms with Crippen molar-refractivity contribution in [3.8, 4) is 11.6 Å². The Kier molecular flexibility index (Phi) is 2.39. The highest BCUT2D eigenvalue weighted by molar-refractivity contribution is 5.85. The first-order chi connectivity index (χ1) is 11.3. The van der Waals surface area contributed by atoms with Crippen LogP contribution in [0.2, 0.25) is 0 Å². The molecule has 1 aliphatic rings. The first-order valence-electron chi connectivity index (χ1n) is 7.49. The van der Waals surface area contributed by atoms with Gasteiger partial charge in [-0.15, -0.1) is 0 Å². The third-order valence-corrected chi connectivity index (χ3v) is 4.29. The Bertz CT molecular complexity index is 1150. The molecule has 0 spiro atoms. The molecule has 4 heteroatoms. The van der Waals surface area contributed by atoms with E-state index in [2.05, 4.69) is 23.2 Å². The third kappa shape index (κ3) is 1.78. The summed E-state index contributed by atoms with van der Waals surface area (Å²) in [6, 6.07) is 17.8. The Morgan fingerprint density at radius 3 is 2.65 bits per heavy atom. The zero-order chi connectivity index (χ0) is 15.4. The van der Waals surface area contributed by atoms with E-state index in [1.54, 1.807) is 6.07 Å². The van der Waals surface area contributed by atoms with E-state index in [1.807, 2.05) is 40.9 Å². The van der Waals surface area contributed by atoms with Gasteiger partial charge in [0.25, 0.3) is 5.56 Å². The summed E-state index contributed by atoms with van der Waals surface area (Å²) in [5, 5.41) is 2.27. The Hall–Kier alpha value is -3.14. The van der Waals surface area contributed by atoms with Gasteiger partial charge in [-0.2, -0.15) is 4.98 Å². The summed E-state index contributed by atoms with van der Waals surface area (Å²) in [5.74, 6) is 1.38. The van der Waals surface area contributed by atoms with Crippen molar-refractivity contribution in [2.75, 3.05) is 0 Å². The average Bonchev–Trinajstić information content (AvgIpc) is 2.59. The predicted molar refractivity (Wildman–Crippen MR) is 88.3 cm³/mol. The van der Waals surface area contributed by atoms with E-state index in [0.29, 0.717) is 23.5 Å². The van der Waals surface area contributed by atoms with Gasteiger partial charge in [-0.3, -0.25) is 9.20 Å². The van der Waals surface area contributed by atoms with Crippen molar-refractivity contribution in [2.24, 2.45) is 0 Å². The Morgan fingerprint density at radius 1 is 1.00 bits per heavy atom. The largest absolute Gasteiger partial charge is 0.440 e. The van der Waals surface area contributed by atoms with Crippen LogP contribution in [0.1, 0.15) is 11.1 Å². The van der Waals surface area contributed by atoms with Crippen LogP contribution in [0.3, 0.4) is 0 Å². The van der Waals surface area contributed by atoms with Gasteiger partial charge in [0, 0.05) is 18.2 Å². The fourth-order valence-corrected chi connectivity index (χ4v) is 3.16. The standard InChI is InChI=1S/C19H12N2O2/c22-18-15-10-14-9-12-5-1-2-6-13(12)11-16(14)23-19(15)21-8-4-3-7-17(21)20-18/h1-9,11H,10H2. The van der Waals surface area contributed by atoms with Crippen LogP contribution in [0.4, 0.5) is 0 Å². The molecule has 23 heavy (non-hydrogen) atoms. The molecule has 4 aromatic rings. The molecule has 0 atom stereocenters. The van der Waals surface area contributed by atoms with E-state index in [4.69, 9.17) is 4.74 Å². The van der Waals surface area contributed by atoms with Crippen molar-refractivity contribution in [2.45, 2.75) is 6.42 Å². The SMILES string of the molecule is O=c1nc2ccccn2c2c1Cc1cc3ccccc3cc1O2. The molecule has 2 aromatic carbocycles. The summed E-state index contributed by atoms with van der Waals surface area (Å²) in [4.78, 5) is 16.5. The lowest BCUT2D eigenvalue weighted by molar-refractivity contribution is 0.431. The topological polar surface area (TPSA) is 43.6 Å². The molecule has 1 aliphatic heterocycles. The second-order valence-corrected chi connectivity index (χ2v) is 5.72. The van der Waals surface area contributed by atoms with Crippen molar-refractivity contribution >= 4 is 16.4 Å². The van der Waals surface area contributed by atoms with Gasteiger partial charge >= 0.3 is 0 Å².